The fraction of sp³-hybridized carbons (Fsp3) is 0.385. The second-order valence-electron chi connectivity index (χ2n) is 8.42. The number of thioether (sulfide) groups is 1. The second kappa shape index (κ2) is 10.8. The van der Waals surface area contributed by atoms with Crippen LogP contribution in [0.5, 0.6) is 0 Å². The molecule has 0 radical (unpaired) electrons. The van der Waals surface area contributed by atoms with E-state index in [4.69, 9.17) is 17.0 Å². The number of fused-ring (bicyclic) bond motifs is 1. The lowest BCUT2D eigenvalue weighted by Gasteiger charge is -2.34. The van der Waals surface area contributed by atoms with E-state index in [1.165, 1.54) is 16.7 Å². The van der Waals surface area contributed by atoms with Crippen LogP contribution in [0.1, 0.15) is 32.3 Å². The molecule has 0 aliphatic carbocycles. The monoisotopic (exact) mass is 511 g/mol. The van der Waals surface area contributed by atoms with E-state index < -0.39 is 0 Å². The fourth-order valence-electron chi connectivity index (χ4n) is 4.71. The van der Waals surface area contributed by atoms with Crippen molar-refractivity contribution in [2.24, 2.45) is 5.92 Å². The highest BCUT2D eigenvalue weighted by molar-refractivity contribution is 8.26. The topological polar surface area (TPSA) is 71.9 Å². The Morgan fingerprint density at radius 2 is 1.94 bits per heavy atom. The summed E-state index contributed by atoms with van der Waals surface area (Å²) >= 11 is 6.60. The van der Waals surface area contributed by atoms with E-state index >= 15 is 0 Å². The molecule has 2 fully saturated rings. The van der Waals surface area contributed by atoms with Crippen molar-refractivity contribution >= 4 is 62.8 Å². The summed E-state index contributed by atoms with van der Waals surface area (Å²) in [6.45, 7) is 9.87. The number of para-hydroxylation sites is 1. The van der Waals surface area contributed by atoms with Gasteiger partial charge in [-0.1, -0.05) is 48.3 Å². The third kappa shape index (κ3) is 4.79. The first-order chi connectivity index (χ1) is 16.9. The molecule has 1 aromatic heterocycles. The molecule has 35 heavy (non-hydrogen) atoms. The van der Waals surface area contributed by atoms with Crippen molar-refractivity contribution in [3.8, 4) is 0 Å². The number of carbonyl (C=O) groups is 2. The summed E-state index contributed by atoms with van der Waals surface area (Å²) < 4.78 is 7.41. The summed E-state index contributed by atoms with van der Waals surface area (Å²) in [5, 5.41) is 0.941. The maximum Gasteiger partial charge on any atom is 0.309 e. The summed E-state index contributed by atoms with van der Waals surface area (Å²) in [5.74, 6) is -0.529. The molecule has 2 saturated heterocycles. The molecule has 0 spiro atoms. The minimum absolute atomic E-state index is 0.146. The third-order valence-electron chi connectivity index (χ3n) is 6.39. The van der Waals surface area contributed by atoms with Gasteiger partial charge in [0.15, 0.2) is 0 Å². The van der Waals surface area contributed by atoms with E-state index in [0.29, 0.717) is 60.4 Å². The summed E-state index contributed by atoms with van der Waals surface area (Å²) in [4.78, 5) is 43.1. The summed E-state index contributed by atoms with van der Waals surface area (Å²) in [7, 11) is 0. The van der Waals surface area contributed by atoms with E-state index in [1.54, 1.807) is 16.7 Å². The van der Waals surface area contributed by atoms with Crippen LogP contribution in [0.25, 0.3) is 17.0 Å². The highest BCUT2D eigenvalue weighted by Crippen LogP contribution is 2.37. The summed E-state index contributed by atoms with van der Waals surface area (Å²) in [5.41, 5.74) is 1.97. The minimum Gasteiger partial charge on any atom is -0.466 e. The predicted octanol–water partition coefficient (Wildman–Crippen LogP) is 4.19. The van der Waals surface area contributed by atoms with Crippen LogP contribution in [0.3, 0.4) is 0 Å². The third-order valence-corrected chi connectivity index (χ3v) is 7.77. The molecule has 7 nitrogen and oxygen atoms in total. The van der Waals surface area contributed by atoms with Crippen molar-refractivity contribution in [2.45, 2.75) is 33.2 Å². The maximum atomic E-state index is 13.8. The number of anilines is 1. The van der Waals surface area contributed by atoms with Gasteiger partial charge in [-0.3, -0.25) is 19.3 Å². The van der Waals surface area contributed by atoms with Crippen LogP contribution in [0.2, 0.25) is 0 Å². The number of aryl methyl sites for hydroxylation is 1. The number of carbonyl (C=O) groups excluding carboxylic acids is 2. The molecule has 0 saturated carbocycles. The summed E-state index contributed by atoms with van der Waals surface area (Å²) in [6, 6.07) is 7.83. The molecule has 1 aromatic carbocycles. The Kier molecular flexibility index (Phi) is 7.76. The molecule has 0 atom stereocenters. The van der Waals surface area contributed by atoms with E-state index in [0.717, 1.165) is 16.6 Å². The lowest BCUT2D eigenvalue weighted by molar-refractivity contribution is -0.148. The van der Waals surface area contributed by atoms with Gasteiger partial charge in [0, 0.05) is 31.6 Å². The molecule has 1 amide bonds. The number of hydrogen-bond acceptors (Lipinski definition) is 7. The number of benzene rings is 1. The van der Waals surface area contributed by atoms with Gasteiger partial charge in [-0.25, -0.2) is 0 Å². The van der Waals surface area contributed by atoms with Gasteiger partial charge < -0.3 is 14.2 Å². The smallest absolute Gasteiger partial charge is 0.309 e. The fourth-order valence-corrected chi connectivity index (χ4v) is 5.97. The van der Waals surface area contributed by atoms with Gasteiger partial charge in [0.1, 0.15) is 4.32 Å². The number of pyridine rings is 1. The number of hydrogen-bond donors (Lipinski definition) is 0. The Bertz CT molecular complexity index is 1280. The Labute approximate surface area is 214 Å². The standard InChI is InChI=1S/C26H29N3O4S2/c1-4-13-29-24(31)21(35-26(29)34)16-19-22(27-14-11-17(12-15-27)25(32)33-6-3)18-9-7-8-10-20(18)28(5-2)23(19)30/h4,7-10,16-17H,1,5-6,11-15H2,2-3H3. The second-order valence-corrected chi connectivity index (χ2v) is 10.1. The normalized spacial score (nSPS) is 18.1. The molecule has 3 heterocycles. The van der Waals surface area contributed by atoms with Crippen molar-refractivity contribution < 1.29 is 14.3 Å². The lowest BCUT2D eigenvalue weighted by Crippen LogP contribution is -2.39. The van der Waals surface area contributed by atoms with Crippen molar-refractivity contribution in [3.63, 3.8) is 0 Å². The van der Waals surface area contributed by atoms with Crippen molar-refractivity contribution in [1.82, 2.24) is 9.47 Å². The molecule has 0 N–H and O–H groups in total. The van der Waals surface area contributed by atoms with Gasteiger partial charge in [-0.15, -0.1) is 6.58 Å². The highest BCUT2D eigenvalue weighted by atomic mass is 32.2. The van der Waals surface area contributed by atoms with E-state index in [9.17, 15) is 14.4 Å². The molecule has 2 aromatic rings. The van der Waals surface area contributed by atoms with Crippen LogP contribution in [0, 0.1) is 5.92 Å². The molecule has 0 bridgehead atoms. The number of rotatable bonds is 7. The number of aromatic nitrogens is 1. The number of nitrogens with zero attached hydrogens (tertiary/aromatic N) is 3. The first-order valence-electron chi connectivity index (χ1n) is 11.8. The van der Waals surface area contributed by atoms with Gasteiger partial charge in [-0.05, 0) is 38.8 Å². The number of esters is 1. The number of amides is 1. The van der Waals surface area contributed by atoms with Crippen molar-refractivity contribution in [1.29, 1.82) is 0 Å². The minimum atomic E-state index is -0.220. The molecular weight excluding hydrogens is 482 g/mol. The van der Waals surface area contributed by atoms with Gasteiger partial charge in [0.2, 0.25) is 0 Å². The van der Waals surface area contributed by atoms with Gasteiger partial charge in [0.25, 0.3) is 11.5 Å². The maximum absolute atomic E-state index is 13.8. The van der Waals surface area contributed by atoms with Crippen LogP contribution in [0.15, 0.2) is 46.6 Å². The molecule has 4 rings (SSSR count). The average Bonchev–Trinajstić information content (AvgIpc) is 3.12. The van der Waals surface area contributed by atoms with Crippen LogP contribution in [0.4, 0.5) is 5.69 Å². The van der Waals surface area contributed by atoms with Crippen LogP contribution < -0.4 is 10.5 Å². The Morgan fingerprint density at radius 3 is 2.60 bits per heavy atom. The largest absolute Gasteiger partial charge is 0.466 e. The first-order valence-corrected chi connectivity index (χ1v) is 13.1. The number of piperidine rings is 1. The van der Waals surface area contributed by atoms with Crippen LogP contribution in [-0.4, -0.2) is 51.9 Å². The first kappa shape index (κ1) is 25.2. The average molecular weight is 512 g/mol. The lowest BCUT2D eigenvalue weighted by atomic mass is 9.95. The van der Waals surface area contributed by atoms with Crippen molar-refractivity contribution in [3.05, 3.63) is 57.7 Å². The molecular formula is C26H29N3O4S2. The Balaban J connectivity index is 1.83. The van der Waals surface area contributed by atoms with Crippen LogP contribution >= 0.6 is 24.0 Å². The molecule has 2 aliphatic heterocycles. The zero-order valence-corrected chi connectivity index (χ0v) is 21.6. The molecule has 9 heteroatoms. The van der Waals surface area contributed by atoms with E-state index in [2.05, 4.69) is 11.5 Å². The van der Waals surface area contributed by atoms with E-state index in [1.807, 2.05) is 38.1 Å². The quantitative estimate of drug-likeness (QED) is 0.239. The van der Waals surface area contributed by atoms with Crippen LogP contribution in [-0.2, 0) is 20.9 Å². The Hall–Kier alpha value is -2.91. The molecule has 184 valence electrons. The summed E-state index contributed by atoms with van der Waals surface area (Å²) in [6.07, 6.45) is 4.61. The van der Waals surface area contributed by atoms with Crippen molar-refractivity contribution in [2.75, 3.05) is 31.1 Å². The van der Waals surface area contributed by atoms with Gasteiger partial charge >= 0.3 is 5.97 Å². The molecule has 2 aliphatic rings. The predicted molar refractivity (Wildman–Crippen MR) is 146 cm³/mol. The van der Waals surface area contributed by atoms with Gasteiger partial charge in [-0.2, -0.15) is 0 Å². The molecule has 0 unspecified atom stereocenters. The zero-order chi connectivity index (χ0) is 25.1. The van der Waals surface area contributed by atoms with E-state index in [-0.39, 0.29) is 23.4 Å². The van der Waals surface area contributed by atoms with Gasteiger partial charge in [0.05, 0.1) is 34.2 Å². The highest BCUT2D eigenvalue weighted by Gasteiger charge is 2.33. The number of ether oxygens (including phenoxy) is 1. The number of thiocarbonyl (C=S) groups is 1. The Morgan fingerprint density at radius 1 is 1.23 bits per heavy atom. The SMILES string of the molecule is C=CCN1C(=O)C(=Cc2c(N3CCC(C(=O)OCC)CC3)c3ccccc3n(CC)c2=O)SC1=S. The zero-order valence-electron chi connectivity index (χ0n) is 20.0.